The topological polar surface area (TPSA) is 45.0 Å². The number of aryl methyl sites for hydroxylation is 1. The maximum absolute atomic E-state index is 12.9. The van der Waals surface area contributed by atoms with Crippen LogP contribution in [0.2, 0.25) is 0 Å². The summed E-state index contributed by atoms with van der Waals surface area (Å²) in [6.45, 7) is 4.59. The molecule has 4 nitrogen and oxygen atoms in total. The Labute approximate surface area is 175 Å². The Hall–Kier alpha value is -2.92. The van der Waals surface area contributed by atoms with Crippen LogP contribution < -0.4 is 0 Å². The van der Waals surface area contributed by atoms with E-state index >= 15 is 0 Å². The summed E-state index contributed by atoms with van der Waals surface area (Å²) in [5.41, 5.74) is 3.31. The lowest BCUT2D eigenvalue weighted by molar-refractivity contribution is -0.126. The van der Waals surface area contributed by atoms with Crippen molar-refractivity contribution >= 4 is 39.8 Å². The van der Waals surface area contributed by atoms with E-state index in [-0.39, 0.29) is 11.2 Å². The highest BCUT2D eigenvalue weighted by molar-refractivity contribution is 8.15. The molecule has 1 heterocycles. The van der Waals surface area contributed by atoms with Gasteiger partial charge in [0.15, 0.2) is 5.17 Å². The van der Waals surface area contributed by atoms with Gasteiger partial charge in [-0.2, -0.15) is 5.10 Å². The predicted octanol–water partition coefficient (Wildman–Crippen LogP) is 5.39. The minimum absolute atomic E-state index is 0.0988. The molecule has 3 aromatic rings. The average molecular weight is 402 g/mol. The highest BCUT2D eigenvalue weighted by Crippen LogP contribution is 2.32. The van der Waals surface area contributed by atoms with Crippen LogP contribution in [0.15, 0.2) is 76.9 Å². The number of thioether (sulfide) groups is 1. The Bertz CT molecular complexity index is 1080. The van der Waals surface area contributed by atoms with Crippen LogP contribution in [0.5, 0.6) is 0 Å². The molecule has 146 valence electrons. The van der Waals surface area contributed by atoms with Crippen molar-refractivity contribution in [1.82, 2.24) is 4.90 Å². The molecule has 5 heteroatoms. The van der Waals surface area contributed by atoms with Gasteiger partial charge in [0.1, 0.15) is 0 Å². The normalized spacial score (nSPS) is 18.4. The van der Waals surface area contributed by atoms with Gasteiger partial charge in [0.05, 0.1) is 18.0 Å². The van der Waals surface area contributed by atoms with E-state index in [4.69, 9.17) is 0 Å². The molecule has 0 radical (unpaired) electrons. The fourth-order valence-electron chi connectivity index (χ4n) is 3.39. The molecular formula is C24H23N3OS. The van der Waals surface area contributed by atoms with Crippen LogP contribution in [0.1, 0.15) is 30.0 Å². The number of amidine groups is 1. The number of carbonyl (C=O) groups excluding carboxylic acids is 1. The van der Waals surface area contributed by atoms with Crippen LogP contribution in [0.25, 0.3) is 10.8 Å². The predicted molar refractivity (Wildman–Crippen MR) is 122 cm³/mol. The van der Waals surface area contributed by atoms with Crippen molar-refractivity contribution in [3.05, 3.63) is 83.4 Å². The molecule has 0 saturated carbocycles. The Morgan fingerprint density at radius 1 is 1.03 bits per heavy atom. The molecule has 0 N–H and O–H groups in total. The Balaban J connectivity index is 1.61. The molecule has 1 aliphatic rings. The summed E-state index contributed by atoms with van der Waals surface area (Å²) < 4.78 is 0. The number of amides is 1. The van der Waals surface area contributed by atoms with E-state index in [1.165, 1.54) is 22.7 Å². The zero-order valence-corrected chi connectivity index (χ0v) is 17.4. The molecule has 1 amide bonds. The smallest absolute Gasteiger partial charge is 0.242 e. The minimum atomic E-state index is -0.0988. The molecule has 1 atom stereocenters. The lowest BCUT2D eigenvalue weighted by Crippen LogP contribution is -2.31. The number of hydrogen-bond acceptors (Lipinski definition) is 4. The molecule has 0 aliphatic carbocycles. The van der Waals surface area contributed by atoms with E-state index in [0.717, 1.165) is 22.9 Å². The second-order valence-corrected chi connectivity index (χ2v) is 8.29. The van der Waals surface area contributed by atoms with Gasteiger partial charge in [0, 0.05) is 0 Å². The fraction of sp³-hybridized carbons (Fsp3) is 0.208. The summed E-state index contributed by atoms with van der Waals surface area (Å²) >= 11 is 1.50. The molecule has 0 spiro atoms. The lowest BCUT2D eigenvalue weighted by Gasteiger charge is -2.17. The minimum Gasteiger partial charge on any atom is -0.284 e. The largest absolute Gasteiger partial charge is 0.284 e. The van der Waals surface area contributed by atoms with E-state index in [1.54, 1.807) is 11.1 Å². The standard InChI is InChI=1S/C24H23N3OS/c1-3-22-23(28)27(16-20-9-6-8-19-7-4-5-10-21(19)20)24(29-22)26-25-15-18-13-11-17(2)12-14-18/h4-15,22H,3,16H2,1-2H3/b25-15-,26-24-/t22-/m0/s1. The van der Waals surface area contributed by atoms with Gasteiger partial charge in [-0.25, -0.2) is 0 Å². The van der Waals surface area contributed by atoms with Crippen molar-refractivity contribution in [2.24, 2.45) is 10.2 Å². The molecule has 0 unspecified atom stereocenters. The molecule has 29 heavy (non-hydrogen) atoms. The summed E-state index contributed by atoms with van der Waals surface area (Å²) in [6, 6.07) is 22.6. The number of nitrogens with zero attached hydrogens (tertiary/aromatic N) is 3. The molecule has 0 aromatic heterocycles. The second-order valence-electron chi connectivity index (χ2n) is 7.12. The summed E-state index contributed by atoms with van der Waals surface area (Å²) in [6.07, 6.45) is 2.50. The van der Waals surface area contributed by atoms with Crippen LogP contribution in [-0.2, 0) is 11.3 Å². The van der Waals surface area contributed by atoms with Crippen molar-refractivity contribution in [3.8, 4) is 0 Å². The monoisotopic (exact) mass is 401 g/mol. The van der Waals surface area contributed by atoms with Crippen LogP contribution in [0.3, 0.4) is 0 Å². The molecule has 4 rings (SSSR count). The van der Waals surface area contributed by atoms with E-state index < -0.39 is 0 Å². The van der Waals surface area contributed by atoms with Crippen molar-refractivity contribution in [2.75, 3.05) is 0 Å². The van der Waals surface area contributed by atoms with Gasteiger partial charge in [0.2, 0.25) is 5.91 Å². The van der Waals surface area contributed by atoms with Gasteiger partial charge in [-0.1, -0.05) is 91.0 Å². The SMILES string of the molecule is CC[C@@H]1S/C(=N\N=C/c2ccc(C)cc2)N(Cc2cccc3ccccc23)C1=O. The maximum Gasteiger partial charge on any atom is 0.242 e. The summed E-state index contributed by atoms with van der Waals surface area (Å²) in [5, 5.41) is 11.6. The highest BCUT2D eigenvalue weighted by atomic mass is 32.2. The van der Waals surface area contributed by atoms with Crippen LogP contribution >= 0.6 is 11.8 Å². The van der Waals surface area contributed by atoms with Crippen molar-refractivity contribution < 1.29 is 4.79 Å². The summed E-state index contributed by atoms with van der Waals surface area (Å²) in [7, 11) is 0. The molecule has 1 saturated heterocycles. The quantitative estimate of drug-likeness (QED) is 0.425. The third-order valence-electron chi connectivity index (χ3n) is 5.03. The first kappa shape index (κ1) is 19.4. The van der Waals surface area contributed by atoms with Crippen LogP contribution in [0.4, 0.5) is 0 Å². The first-order valence-electron chi connectivity index (χ1n) is 9.78. The zero-order chi connectivity index (χ0) is 20.2. The van der Waals surface area contributed by atoms with Gasteiger partial charge >= 0.3 is 0 Å². The summed E-state index contributed by atoms with van der Waals surface area (Å²) in [4.78, 5) is 14.7. The Kier molecular flexibility index (Phi) is 5.76. The Morgan fingerprint density at radius 2 is 1.79 bits per heavy atom. The van der Waals surface area contributed by atoms with E-state index in [9.17, 15) is 4.79 Å². The lowest BCUT2D eigenvalue weighted by atomic mass is 10.0. The summed E-state index contributed by atoms with van der Waals surface area (Å²) in [5.74, 6) is 0.106. The van der Waals surface area contributed by atoms with Gasteiger partial charge in [-0.3, -0.25) is 9.69 Å². The number of rotatable bonds is 5. The van der Waals surface area contributed by atoms with Gasteiger partial charge < -0.3 is 0 Å². The van der Waals surface area contributed by atoms with Gasteiger partial charge in [0.25, 0.3) is 0 Å². The third-order valence-corrected chi connectivity index (χ3v) is 6.36. The molecule has 0 bridgehead atoms. The van der Waals surface area contributed by atoms with Crippen LogP contribution in [0, 0.1) is 6.92 Å². The molecule has 3 aromatic carbocycles. The van der Waals surface area contributed by atoms with E-state index in [0.29, 0.717) is 11.7 Å². The zero-order valence-electron chi connectivity index (χ0n) is 16.6. The fourth-order valence-corrected chi connectivity index (χ4v) is 4.41. The highest BCUT2D eigenvalue weighted by Gasteiger charge is 2.37. The number of fused-ring (bicyclic) bond motifs is 1. The van der Waals surface area contributed by atoms with E-state index in [1.807, 2.05) is 49.4 Å². The van der Waals surface area contributed by atoms with Gasteiger partial charge in [-0.05, 0) is 35.2 Å². The molecular weight excluding hydrogens is 378 g/mol. The number of benzene rings is 3. The second kappa shape index (κ2) is 8.62. The van der Waals surface area contributed by atoms with Gasteiger partial charge in [-0.15, -0.1) is 5.10 Å². The first-order valence-corrected chi connectivity index (χ1v) is 10.7. The number of hydrogen-bond donors (Lipinski definition) is 0. The first-order chi connectivity index (χ1) is 14.2. The third kappa shape index (κ3) is 4.25. The van der Waals surface area contributed by atoms with Crippen molar-refractivity contribution in [1.29, 1.82) is 0 Å². The maximum atomic E-state index is 12.9. The van der Waals surface area contributed by atoms with Crippen molar-refractivity contribution in [3.63, 3.8) is 0 Å². The van der Waals surface area contributed by atoms with E-state index in [2.05, 4.69) is 41.4 Å². The van der Waals surface area contributed by atoms with Crippen molar-refractivity contribution in [2.45, 2.75) is 32.1 Å². The molecule has 1 aliphatic heterocycles. The molecule has 1 fully saturated rings. The number of carbonyl (C=O) groups is 1. The van der Waals surface area contributed by atoms with Crippen LogP contribution in [-0.4, -0.2) is 27.4 Å². The average Bonchev–Trinajstić information content (AvgIpc) is 3.04. The Morgan fingerprint density at radius 3 is 2.59 bits per heavy atom.